The van der Waals surface area contributed by atoms with E-state index in [0.717, 1.165) is 38.5 Å². The van der Waals surface area contributed by atoms with Crippen LogP contribution in [0.4, 0.5) is 0 Å². The second-order valence-electron chi connectivity index (χ2n) is 23.1. The number of carbonyl (C=O) groups excluding carboxylic acids is 1. The van der Waals surface area contributed by atoms with Gasteiger partial charge in [-0.1, -0.05) is 295 Å². The SMILES string of the molecule is CCCCCCCCCC/C=C\CCCCCCCCCCCCCCCCCCCCCC(=O)NC(COP(=O)([O-])OCC[N+](C)(C)C)C(O)/C=C/CCCCCCCCCCCCCCCCCCC. The van der Waals surface area contributed by atoms with Crippen molar-refractivity contribution >= 4 is 13.7 Å². The summed E-state index contributed by atoms with van der Waals surface area (Å²) < 4.78 is 23.4. The average molecular weight is 1040 g/mol. The zero-order chi connectivity index (χ0) is 52.7. The first-order valence-corrected chi connectivity index (χ1v) is 33.2. The monoisotopic (exact) mass is 1040 g/mol. The normalized spacial score (nSPS) is 13.9. The molecule has 3 unspecified atom stereocenters. The van der Waals surface area contributed by atoms with Gasteiger partial charge in [-0.15, -0.1) is 0 Å². The van der Waals surface area contributed by atoms with Crippen LogP contribution in [0.15, 0.2) is 24.3 Å². The molecule has 0 aromatic rings. The Balaban J connectivity index is 4.05. The molecule has 0 saturated carbocycles. The molecular weight excluding hydrogens is 912 g/mol. The van der Waals surface area contributed by atoms with Gasteiger partial charge in [-0.25, -0.2) is 0 Å². The van der Waals surface area contributed by atoms with Gasteiger partial charge in [0.1, 0.15) is 13.2 Å². The third-order valence-electron chi connectivity index (χ3n) is 14.7. The van der Waals surface area contributed by atoms with Gasteiger partial charge < -0.3 is 28.8 Å². The molecule has 0 fully saturated rings. The van der Waals surface area contributed by atoms with Crippen molar-refractivity contribution in [3.05, 3.63) is 24.3 Å². The fourth-order valence-electron chi connectivity index (χ4n) is 9.68. The van der Waals surface area contributed by atoms with E-state index in [1.807, 2.05) is 27.2 Å². The van der Waals surface area contributed by atoms with Crippen LogP contribution >= 0.6 is 7.82 Å². The number of hydrogen-bond acceptors (Lipinski definition) is 6. The lowest BCUT2D eigenvalue weighted by molar-refractivity contribution is -0.870. The van der Waals surface area contributed by atoms with E-state index in [9.17, 15) is 19.4 Å². The number of unbranched alkanes of at least 4 members (excludes halogenated alkanes) is 44. The molecule has 0 spiro atoms. The Labute approximate surface area is 449 Å². The minimum atomic E-state index is -4.60. The lowest BCUT2D eigenvalue weighted by Crippen LogP contribution is -2.45. The second-order valence-corrected chi connectivity index (χ2v) is 24.5. The third-order valence-corrected chi connectivity index (χ3v) is 15.6. The summed E-state index contributed by atoms with van der Waals surface area (Å²) in [5.41, 5.74) is 0. The van der Waals surface area contributed by atoms with E-state index in [2.05, 4.69) is 31.3 Å². The van der Waals surface area contributed by atoms with Crippen LogP contribution in [0.2, 0.25) is 0 Å². The molecule has 428 valence electrons. The Hall–Kier alpha value is -1.02. The molecule has 0 aliphatic heterocycles. The molecule has 0 bridgehead atoms. The van der Waals surface area contributed by atoms with E-state index in [0.29, 0.717) is 17.4 Å². The molecule has 9 heteroatoms. The van der Waals surface area contributed by atoms with E-state index in [-0.39, 0.29) is 19.1 Å². The second kappa shape index (κ2) is 54.8. The first kappa shape index (κ1) is 71.0. The predicted molar refractivity (Wildman–Crippen MR) is 312 cm³/mol. The number of phosphoric acid groups is 1. The molecule has 0 heterocycles. The number of hydrogen-bond donors (Lipinski definition) is 2. The summed E-state index contributed by atoms with van der Waals surface area (Å²) in [6.07, 6.45) is 69.9. The zero-order valence-corrected chi connectivity index (χ0v) is 49.8. The molecule has 2 N–H and O–H groups in total. The summed E-state index contributed by atoms with van der Waals surface area (Å²) in [6, 6.07) is -0.884. The van der Waals surface area contributed by atoms with Gasteiger partial charge in [0.05, 0.1) is 39.9 Å². The number of aliphatic hydroxyl groups is 1. The quantitative estimate of drug-likeness (QED) is 0.0272. The molecule has 72 heavy (non-hydrogen) atoms. The minimum absolute atomic E-state index is 0.00172. The van der Waals surface area contributed by atoms with E-state index >= 15 is 0 Å². The van der Waals surface area contributed by atoms with Gasteiger partial charge in [0.15, 0.2) is 0 Å². The van der Waals surface area contributed by atoms with Gasteiger partial charge >= 0.3 is 0 Å². The van der Waals surface area contributed by atoms with Gasteiger partial charge in [0.25, 0.3) is 7.82 Å². The summed E-state index contributed by atoms with van der Waals surface area (Å²) in [5.74, 6) is -0.190. The fraction of sp³-hybridized carbons (Fsp3) is 0.921. The van der Waals surface area contributed by atoms with Gasteiger partial charge in [0, 0.05) is 6.42 Å². The Kier molecular flexibility index (Phi) is 54.0. The topological polar surface area (TPSA) is 108 Å². The van der Waals surface area contributed by atoms with Crippen LogP contribution in [-0.2, 0) is 18.4 Å². The van der Waals surface area contributed by atoms with Crippen molar-refractivity contribution in [1.82, 2.24) is 5.32 Å². The maximum absolute atomic E-state index is 13.0. The first-order valence-electron chi connectivity index (χ1n) is 31.7. The predicted octanol–water partition coefficient (Wildman–Crippen LogP) is 18.9. The highest BCUT2D eigenvalue weighted by molar-refractivity contribution is 7.45. The molecule has 3 atom stereocenters. The number of likely N-dealkylation sites (N-methyl/N-ethyl adjacent to an activating group) is 1. The van der Waals surface area contributed by atoms with Crippen LogP contribution in [0.25, 0.3) is 0 Å². The summed E-state index contributed by atoms with van der Waals surface area (Å²) in [7, 11) is 1.28. The van der Waals surface area contributed by atoms with Gasteiger partial charge in [0.2, 0.25) is 5.91 Å². The number of allylic oxidation sites excluding steroid dienone is 3. The standard InChI is InChI=1S/C63H125N2O6P/c1-6-8-10-12-14-16-18-20-22-24-26-27-28-29-30-31-32-33-34-35-36-37-39-41-43-45-47-49-51-53-55-57-63(67)64-61(60-71-72(68,69)70-59-58-65(3,4)5)62(66)56-54-52-50-48-46-44-42-40-38-25-23-21-19-17-15-13-11-9-7-2/h24,26,54,56,61-62,66H,6-23,25,27-53,55,57-60H2,1-5H3,(H-,64,67,68,69)/b26-24-,56-54+. The van der Waals surface area contributed by atoms with Crippen LogP contribution in [-0.4, -0.2) is 68.5 Å². The van der Waals surface area contributed by atoms with Crippen molar-refractivity contribution in [2.24, 2.45) is 0 Å². The van der Waals surface area contributed by atoms with E-state index in [1.165, 1.54) is 263 Å². The zero-order valence-electron chi connectivity index (χ0n) is 48.9. The van der Waals surface area contributed by atoms with E-state index in [4.69, 9.17) is 9.05 Å². The Bertz CT molecular complexity index is 1220. The number of rotatable bonds is 59. The highest BCUT2D eigenvalue weighted by Crippen LogP contribution is 2.38. The third kappa shape index (κ3) is 56.7. The number of nitrogens with zero attached hydrogens (tertiary/aromatic N) is 1. The maximum Gasteiger partial charge on any atom is 0.268 e. The van der Waals surface area contributed by atoms with Crippen molar-refractivity contribution in [3.8, 4) is 0 Å². The highest BCUT2D eigenvalue weighted by atomic mass is 31.2. The van der Waals surface area contributed by atoms with Crippen molar-refractivity contribution in [3.63, 3.8) is 0 Å². The lowest BCUT2D eigenvalue weighted by Gasteiger charge is -2.29. The average Bonchev–Trinajstić information content (AvgIpc) is 3.34. The molecule has 0 rings (SSSR count). The number of quaternary nitrogens is 1. The molecule has 0 radical (unpaired) electrons. The van der Waals surface area contributed by atoms with Crippen LogP contribution in [0, 0.1) is 0 Å². The molecular formula is C63H125N2O6P. The molecule has 1 amide bonds. The molecule has 0 aromatic heterocycles. The smallest absolute Gasteiger partial charge is 0.268 e. The Morgan fingerprint density at radius 3 is 1.08 bits per heavy atom. The van der Waals surface area contributed by atoms with E-state index in [1.54, 1.807) is 6.08 Å². The number of phosphoric ester groups is 1. The summed E-state index contributed by atoms with van der Waals surface area (Å²) in [5, 5.41) is 13.9. The van der Waals surface area contributed by atoms with Crippen LogP contribution in [0.3, 0.4) is 0 Å². The highest BCUT2D eigenvalue weighted by Gasteiger charge is 2.23. The van der Waals surface area contributed by atoms with Crippen molar-refractivity contribution in [2.75, 3.05) is 40.9 Å². The first-order chi connectivity index (χ1) is 35.0. The van der Waals surface area contributed by atoms with Gasteiger partial charge in [-0.05, 0) is 44.9 Å². The molecule has 8 nitrogen and oxygen atoms in total. The number of aliphatic hydroxyl groups excluding tert-OH is 1. The van der Waals surface area contributed by atoms with Gasteiger partial charge in [-0.2, -0.15) is 0 Å². The van der Waals surface area contributed by atoms with Crippen LogP contribution in [0.1, 0.15) is 322 Å². The molecule has 0 aromatic carbocycles. The Morgan fingerprint density at radius 2 is 0.764 bits per heavy atom. The van der Waals surface area contributed by atoms with Crippen LogP contribution < -0.4 is 10.2 Å². The molecule has 0 aliphatic rings. The Morgan fingerprint density at radius 1 is 0.472 bits per heavy atom. The van der Waals surface area contributed by atoms with Crippen molar-refractivity contribution in [1.29, 1.82) is 0 Å². The lowest BCUT2D eigenvalue weighted by atomic mass is 10.0. The fourth-order valence-corrected chi connectivity index (χ4v) is 10.4. The largest absolute Gasteiger partial charge is 0.756 e. The van der Waals surface area contributed by atoms with Crippen molar-refractivity contribution in [2.45, 2.75) is 334 Å². The molecule has 0 saturated heterocycles. The van der Waals surface area contributed by atoms with E-state index < -0.39 is 20.0 Å². The summed E-state index contributed by atoms with van der Waals surface area (Å²) >= 11 is 0. The summed E-state index contributed by atoms with van der Waals surface area (Å²) in [4.78, 5) is 25.5. The number of carbonyl (C=O) groups is 1. The maximum atomic E-state index is 13.0. The van der Waals surface area contributed by atoms with Gasteiger partial charge in [-0.3, -0.25) is 9.36 Å². The van der Waals surface area contributed by atoms with Crippen molar-refractivity contribution < 1.29 is 32.9 Å². The van der Waals surface area contributed by atoms with Crippen LogP contribution in [0.5, 0.6) is 0 Å². The summed E-state index contributed by atoms with van der Waals surface area (Å²) in [6.45, 7) is 4.70. The number of amides is 1. The number of nitrogens with one attached hydrogen (secondary N) is 1. The minimum Gasteiger partial charge on any atom is -0.756 e. The molecule has 0 aliphatic carbocycles.